The zero-order valence-corrected chi connectivity index (χ0v) is 78.3. The van der Waals surface area contributed by atoms with E-state index in [-0.39, 0.29) is 31.8 Å². The van der Waals surface area contributed by atoms with Crippen LogP contribution in [0.3, 0.4) is 0 Å². The fourth-order valence-corrected chi connectivity index (χ4v) is 20.3. The van der Waals surface area contributed by atoms with Crippen LogP contribution in [-0.4, -0.2) is 186 Å². The van der Waals surface area contributed by atoms with E-state index >= 15 is 0 Å². The van der Waals surface area contributed by atoms with Crippen LogP contribution in [0.2, 0.25) is 0 Å². The van der Waals surface area contributed by atoms with Gasteiger partial charge in [-0.1, -0.05) is 182 Å². The maximum Gasteiger partial charge on any atom is 0.181 e. The number of ether oxygens (including phenoxy) is 2. The predicted molar refractivity (Wildman–Crippen MR) is 545 cm³/mol. The van der Waals surface area contributed by atoms with Crippen LogP contribution in [0.5, 0.6) is 0 Å². The van der Waals surface area contributed by atoms with Crippen LogP contribution in [0.4, 0.5) is 29.1 Å². The number of anilines is 5. The summed E-state index contributed by atoms with van der Waals surface area (Å²) in [6.07, 6.45) is 8.91. The zero-order chi connectivity index (χ0) is 92.3. The molecule has 0 saturated heterocycles. The average molecular weight is 1870 g/mol. The molecule has 9 N–H and O–H groups in total. The van der Waals surface area contributed by atoms with Crippen LogP contribution in [0.1, 0.15) is 47.1 Å². The highest BCUT2D eigenvalue weighted by atomic mass is 32.2. The normalized spacial score (nSPS) is 12.4. The van der Waals surface area contributed by atoms with E-state index in [0.717, 1.165) is 148 Å². The number of pyridine rings is 5. The molecule has 26 nitrogen and oxygen atoms in total. The summed E-state index contributed by atoms with van der Waals surface area (Å²) in [5.74, 6) is 8.08. The van der Waals surface area contributed by atoms with Crippen molar-refractivity contribution in [1.82, 2.24) is 74.8 Å². The zero-order valence-electron chi connectivity index (χ0n) is 74.2. The fourth-order valence-electron chi connectivity index (χ4n) is 15.0. The first-order valence-corrected chi connectivity index (χ1v) is 48.2. The molecule has 0 fully saturated rings. The largest absolute Gasteiger partial charge is 0.396 e. The lowest BCUT2D eigenvalue weighted by Gasteiger charge is -2.16. The van der Waals surface area contributed by atoms with Crippen LogP contribution in [0.15, 0.2) is 289 Å². The number of benzene rings is 5. The molecule has 5 aromatic carbocycles. The van der Waals surface area contributed by atoms with Crippen molar-refractivity contribution in [2.45, 2.75) is 57.2 Å². The van der Waals surface area contributed by atoms with Crippen LogP contribution in [0.25, 0.3) is 143 Å². The Morgan fingerprint density at radius 3 is 1.20 bits per heavy atom. The van der Waals surface area contributed by atoms with E-state index in [1.807, 2.05) is 158 Å². The molecule has 3 atom stereocenters. The van der Waals surface area contributed by atoms with Crippen molar-refractivity contribution >= 4 is 127 Å². The van der Waals surface area contributed by atoms with Crippen LogP contribution in [-0.2, 0) is 9.47 Å². The van der Waals surface area contributed by atoms with Gasteiger partial charge in [0.05, 0.1) is 60.7 Å². The SMILES string of the molecule is CC(O)CNc1nc(-c2ccccn2)nc2scc(-c3ccccc3)c12.COCC(C)Nc1nc(-c2ccccn2)nc2sc(C)c(-c3ccccc3)c12.Cc1sc2nc(-c3ccccn3)nc(NCCCO)c2c1-c1ccccc1.OCCNc1nc(-c2ccccn2)nc2scc(-c3ccccc3)c12.OCCOCCNc1nc(-c2ccccn2)nc2c1C(c1ccccc1)CS2. The van der Waals surface area contributed by atoms with Crippen molar-refractivity contribution in [3.05, 3.63) is 305 Å². The van der Waals surface area contributed by atoms with Gasteiger partial charge in [0, 0.05) is 137 Å². The van der Waals surface area contributed by atoms with Gasteiger partial charge in [-0.15, -0.1) is 57.1 Å². The van der Waals surface area contributed by atoms with E-state index in [9.17, 15) is 10.2 Å². The van der Waals surface area contributed by atoms with Gasteiger partial charge in [-0.3, -0.25) is 24.9 Å². The quantitative estimate of drug-likeness (QED) is 0.0149. The van der Waals surface area contributed by atoms with Gasteiger partial charge in [0.1, 0.15) is 81.9 Å². The maximum absolute atomic E-state index is 9.69. The lowest BCUT2D eigenvalue weighted by Crippen LogP contribution is -2.22. The van der Waals surface area contributed by atoms with E-state index in [0.29, 0.717) is 81.5 Å². The average Bonchev–Trinajstić information content (AvgIpc) is 1.62. The highest BCUT2D eigenvalue weighted by Crippen LogP contribution is 2.48. The lowest BCUT2D eigenvalue weighted by molar-refractivity contribution is 0.0992. The first kappa shape index (κ1) is 93.4. The number of nitrogens with zero attached hydrogens (tertiary/aromatic N) is 15. The topological polar surface area (TPSA) is 353 Å². The monoisotopic (exact) mass is 1870 g/mol. The third kappa shape index (κ3) is 23.1. The molecule has 0 spiro atoms. The summed E-state index contributed by atoms with van der Waals surface area (Å²) in [5.41, 5.74) is 15.2. The minimum atomic E-state index is -0.475. The number of hydrogen-bond donors (Lipinski definition) is 9. The lowest BCUT2D eigenvalue weighted by atomic mass is 9.94. The molecule has 19 aromatic rings. The Morgan fingerprint density at radius 1 is 0.388 bits per heavy atom. The number of fused-ring (bicyclic) bond motifs is 5. The molecule has 0 aliphatic carbocycles. The number of aliphatic hydroxyl groups is 4. The third-order valence-electron chi connectivity index (χ3n) is 21.1. The molecule has 1 aliphatic heterocycles. The molecule has 0 saturated carbocycles. The summed E-state index contributed by atoms with van der Waals surface area (Å²) in [6.45, 7) is 11.8. The molecule has 3 unspecified atom stereocenters. The van der Waals surface area contributed by atoms with Gasteiger partial charge in [0.2, 0.25) is 0 Å². The Hall–Kier alpha value is -13.8. The van der Waals surface area contributed by atoms with Gasteiger partial charge in [0.25, 0.3) is 0 Å². The number of thiophene rings is 4. The number of aryl methyl sites for hydroxylation is 2. The van der Waals surface area contributed by atoms with Gasteiger partial charge in [0.15, 0.2) is 29.1 Å². The number of methoxy groups -OCH3 is 1. The number of rotatable bonds is 30. The minimum Gasteiger partial charge on any atom is -0.396 e. The highest BCUT2D eigenvalue weighted by Gasteiger charge is 2.32. The number of thioether (sulfide) groups is 1. The predicted octanol–water partition coefficient (Wildman–Crippen LogP) is 20.9. The first-order chi connectivity index (χ1) is 65.9. The molecule has 15 heterocycles. The molecular weight excluding hydrogens is 1770 g/mol. The summed E-state index contributed by atoms with van der Waals surface area (Å²) >= 11 is 8.28. The highest BCUT2D eigenvalue weighted by molar-refractivity contribution is 7.99. The van der Waals surface area contributed by atoms with E-state index in [2.05, 4.69) is 173 Å². The molecule has 0 amide bonds. The standard InChI is InChI=1S/C22H22N4OS.C21H22N4O2S.C21H20N4OS.C20H18N4OS.C19H16N4OS/c1-14(13-27-3)24-21-19-18(16-9-5-4-6-10-16)15(2)28-22(19)26-20(25-21)17-11-7-8-12-23-17;26-11-13-27-12-10-23-20-18-16(15-6-2-1-3-7-15)14-28-21(18)25-19(24-20)17-8-4-5-9-22-17;1-14-17(15-8-3-2-4-9-15)18-20(23-12-7-13-26)24-19(25-21(18)27-14)16-10-5-6-11-22-16;1-13(25)11-22-19-17-15(14-7-3-2-4-8-14)12-26-20(17)24-18(23-19)16-9-5-6-10-21-16;24-11-10-21-18-16-14(13-6-2-1-3-7-13)12-25-19(16)23-17(22-18)15-8-4-5-9-20-15/h4-12,14H,13H2,1-3H3,(H,24,25,26);1-9,16,26H,10-14H2,(H,23,24,25);2-6,8-11,26H,7,12-13H2,1H3,(H,23,24,25);2-10,12-13,25H,11H2,1H3,(H,22,23,24);1-9,12,24H,10-11H2,(H,21,22,23). The number of nitrogens with one attached hydrogen (secondary N) is 5. The summed E-state index contributed by atoms with van der Waals surface area (Å²) in [6, 6.07) is 80.3. The molecule has 31 heteroatoms. The van der Waals surface area contributed by atoms with Crippen molar-refractivity contribution in [2.75, 3.05) is 105 Å². The summed E-state index contributed by atoms with van der Waals surface area (Å²) in [4.78, 5) is 75.7. The fraction of sp³-hybridized carbons (Fsp3) is 0.194. The van der Waals surface area contributed by atoms with Gasteiger partial charge in [-0.2, -0.15) is 0 Å². The van der Waals surface area contributed by atoms with Crippen LogP contribution < -0.4 is 26.6 Å². The van der Waals surface area contributed by atoms with Gasteiger partial charge < -0.3 is 56.5 Å². The van der Waals surface area contributed by atoms with Crippen molar-refractivity contribution in [3.63, 3.8) is 0 Å². The Balaban J connectivity index is 0.000000122. The van der Waals surface area contributed by atoms with Crippen LogP contribution >= 0.6 is 57.1 Å². The van der Waals surface area contributed by atoms with Crippen LogP contribution in [0, 0.1) is 13.8 Å². The Labute approximate surface area is 795 Å². The maximum atomic E-state index is 9.69. The van der Waals surface area contributed by atoms with E-state index in [1.54, 1.807) is 102 Å². The molecule has 0 bridgehead atoms. The number of aromatic nitrogens is 15. The second-order valence-electron chi connectivity index (χ2n) is 30.7. The second kappa shape index (κ2) is 46.5. The molecule has 20 rings (SSSR count). The molecule has 14 aromatic heterocycles. The summed E-state index contributed by atoms with van der Waals surface area (Å²) in [5, 5.41) is 63.0. The first-order valence-electron chi connectivity index (χ1n) is 43.8. The minimum absolute atomic E-state index is 0.0272. The Morgan fingerprint density at radius 2 is 0.776 bits per heavy atom. The van der Waals surface area contributed by atoms with Gasteiger partial charge in [-0.05, 0) is 123 Å². The third-order valence-corrected chi connectivity index (χ3v) is 25.9. The molecule has 0 radical (unpaired) electrons. The summed E-state index contributed by atoms with van der Waals surface area (Å²) < 4.78 is 10.7. The van der Waals surface area contributed by atoms with E-state index in [1.165, 1.54) is 26.4 Å². The second-order valence-corrected chi connectivity index (χ2v) is 35.9. The van der Waals surface area contributed by atoms with Gasteiger partial charge >= 0.3 is 0 Å². The summed E-state index contributed by atoms with van der Waals surface area (Å²) in [7, 11) is 1.71. The van der Waals surface area contributed by atoms with Crippen molar-refractivity contribution in [1.29, 1.82) is 0 Å². The smallest absolute Gasteiger partial charge is 0.181 e. The van der Waals surface area contributed by atoms with Crippen molar-refractivity contribution < 1.29 is 29.9 Å². The Kier molecular flexibility index (Phi) is 32.4. The van der Waals surface area contributed by atoms with Gasteiger partial charge in [-0.25, -0.2) is 49.8 Å². The number of aliphatic hydroxyl groups excluding tert-OH is 4. The molecule has 1 aliphatic rings. The molecular formula is C103H98N20O6S5. The van der Waals surface area contributed by atoms with E-state index < -0.39 is 6.10 Å². The molecule has 134 heavy (non-hydrogen) atoms. The van der Waals surface area contributed by atoms with E-state index in [4.69, 9.17) is 64.5 Å². The van der Waals surface area contributed by atoms with Crippen molar-refractivity contribution in [2.24, 2.45) is 0 Å². The van der Waals surface area contributed by atoms with Crippen molar-refractivity contribution in [3.8, 4) is 102 Å². The Bertz CT molecular complexity index is 6980. The number of hydrogen-bond acceptors (Lipinski definition) is 31. The molecule has 676 valence electrons.